The van der Waals surface area contributed by atoms with Crippen molar-refractivity contribution in [1.82, 2.24) is 14.9 Å². The first-order valence-electron chi connectivity index (χ1n) is 5.20. The van der Waals surface area contributed by atoms with E-state index in [0.717, 1.165) is 17.4 Å². The van der Waals surface area contributed by atoms with E-state index in [9.17, 15) is 14.4 Å². The van der Waals surface area contributed by atoms with E-state index in [2.05, 4.69) is 10.3 Å². The molecule has 88 valence electrons. The quantitative estimate of drug-likeness (QED) is 0.660. The molecule has 0 bridgehead atoms. The minimum Gasteiger partial charge on any atom is -0.355 e. The van der Waals surface area contributed by atoms with Crippen molar-refractivity contribution < 1.29 is 4.79 Å². The zero-order chi connectivity index (χ0) is 12.0. The van der Waals surface area contributed by atoms with Crippen molar-refractivity contribution in [1.29, 1.82) is 0 Å². The summed E-state index contributed by atoms with van der Waals surface area (Å²) >= 11 is 0. The second-order valence-corrected chi connectivity index (χ2v) is 3.44. The van der Waals surface area contributed by atoms with Gasteiger partial charge in [0, 0.05) is 18.8 Å². The van der Waals surface area contributed by atoms with Gasteiger partial charge in [0.25, 0.3) is 5.56 Å². The molecule has 0 aromatic carbocycles. The molecule has 0 spiro atoms. The summed E-state index contributed by atoms with van der Waals surface area (Å²) in [6.07, 6.45) is 3.21. The maximum absolute atomic E-state index is 11.4. The number of nitrogens with one attached hydrogen (secondary N) is 2. The summed E-state index contributed by atoms with van der Waals surface area (Å²) in [6, 6.07) is 1.21. The number of unbranched alkanes of at least 4 members (excludes halogenated alkanes) is 1. The van der Waals surface area contributed by atoms with Gasteiger partial charge in [-0.2, -0.15) is 0 Å². The van der Waals surface area contributed by atoms with Crippen LogP contribution in [0.3, 0.4) is 0 Å². The van der Waals surface area contributed by atoms with E-state index in [4.69, 9.17) is 0 Å². The molecule has 0 aliphatic heterocycles. The third kappa shape index (κ3) is 3.72. The molecule has 0 unspecified atom stereocenters. The van der Waals surface area contributed by atoms with Gasteiger partial charge in [0.15, 0.2) is 0 Å². The minimum absolute atomic E-state index is 0.0701. The van der Waals surface area contributed by atoms with E-state index >= 15 is 0 Å². The Balaban J connectivity index is 2.56. The molecule has 6 heteroatoms. The zero-order valence-electron chi connectivity index (χ0n) is 9.16. The molecule has 1 aromatic heterocycles. The number of amides is 1. The lowest BCUT2D eigenvalue weighted by atomic mass is 10.3. The minimum atomic E-state index is -0.571. The Hall–Kier alpha value is -1.85. The largest absolute Gasteiger partial charge is 0.355 e. The number of H-pyrrole nitrogens is 1. The second kappa shape index (κ2) is 5.89. The molecule has 2 N–H and O–H groups in total. The molecular weight excluding hydrogens is 210 g/mol. The van der Waals surface area contributed by atoms with Crippen LogP contribution < -0.4 is 16.6 Å². The monoisotopic (exact) mass is 225 g/mol. The van der Waals surface area contributed by atoms with E-state index in [-0.39, 0.29) is 12.5 Å². The summed E-state index contributed by atoms with van der Waals surface area (Å²) in [4.78, 5) is 35.4. The van der Waals surface area contributed by atoms with Crippen LogP contribution in [-0.4, -0.2) is 22.0 Å². The molecule has 0 radical (unpaired) electrons. The van der Waals surface area contributed by atoms with Crippen LogP contribution >= 0.6 is 0 Å². The highest BCUT2D eigenvalue weighted by Crippen LogP contribution is 1.83. The van der Waals surface area contributed by atoms with Gasteiger partial charge in [-0.15, -0.1) is 0 Å². The fourth-order valence-corrected chi connectivity index (χ4v) is 1.18. The van der Waals surface area contributed by atoms with Gasteiger partial charge in [-0.3, -0.25) is 19.1 Å². The number of aromatic nitrogens is 2. The molecule has 6 nitrogen and oxygen atoms in total. The Morgan fingerprint density at radius 3 is 2.88 bits per heavy atom. The highest BCUT2D eigenvalue weighted by Gasteiger charge is 2.03. The van der Waals surface area contributed by atoms with Crippen LogP contribution in [0.4, 0.5) is 0 Å². The van der Waals surface area contributed by atoms with Crippen LogP contribution in [0, 0.1) is 0 Å². The number of aromatic amines is 1. The molecule has 0 saturated carbocycles. The predicted octanol–water partition coefficient (Wildman–Crippen LogP) is -0.547. The number of carbonyl (C=O) groups is 1. The van der Waals surface area contributed by atoms with Crippen molar-refractivity contribution in [2.75, 3.05) is 6.54 Å². The Morgan fingerprint density at radius 1 is 1.50 bits per heavy atom. The second-order valence-electron chi connectivity index (χ2n) is 3.44. The van der Waals surface area contributed by atoms with Crippen molar-refractivity contribution in [3.8, 4) is 0 Å². The molecule has 16 heavy (non-hydrogen) atoms. The first kappa shape index (κ1) is 12.2. The molecule has 1 rings (SSSR count). The van der Waals surface area contributed by atoms with Crippen LogP contribution in [0.5, 0.6) is 0 Å². The summed E-state index contributed by atoms with van der Waals surface area (Å²) < 4.78 is 1.16. The lowest BCUT2D eigenvalue weighted by molar-refractivity contribution is -0.121. The normalized spacial score (nSPS) is 10.1. The lowest BCUT2D eigenvalue weighted by Crippen LogP contribution is -2.35. The molecule has 0 fully saturated rings. The molecule has 0 saturated heterocycles. The summed E-state index contributed by atoms with van der Waals surface area (Å²) in [6.45, 7) is 2.56. The SMILES string of the molecule is CCCCNC(=O)Cn1ccc(=O)[nH]c1=O. The van der Waals surface area contributed by atoms with Gasteiger partial charge in [0.2, 0.25) is 5.91 Å². The van der Waals surface area contributed by atoms with E-state index in [0.29, 0.717) is 6.54 Å². The smallest absolute Gasteiger partial charge is 0.328 e. The van der Waals surface area contributed by atoms with Crippen LogP contribution in [0.15, 0.2) is 21.9 Å². The van der Waals surface area contributed by atoms with Crippen molar-refractivity contribution in [3.05, 3.63) is 33.1 Å². The summed E-state index contributed by atoms with van der Waals surface area (Å²) in [5, 5.41) is 2.68. The molecule has 1 aromatic rings. The molecular formula is C10H15N3O3. The Morgan fingerprint density at radius 2 is 2.25 bits per heavy atom. The van der Waals surface area contributed by atoms with Crippen LogP contribution in [0.2, 0.25) is 0 Å². The molecule has 1 amide bonds. The van der Waals surface area contributed by atoms with E-state index in [1.807, 2.05) is 6.92 Å². The Bertz CT molecular complexity index is 461. The van der Waals surface area contributed by atoms with Crippen molar-refractivity contribution in [3.63, 3.8) is 0 Å². The van der Waals surface area contributed by atoms with E-state index in [1.165, 1.54) is 12.3 Å². The maximum Gasteiger partial charge on any atom is 0.328 e. The predicted molar refractivity (Wildman–Crippen MR) is 59.2 cm³/mol. The van der Waals surface area contributed by atoms with Gasteiger partial charge in [0.1, 0.15) is 6.54 Å². The first-order valence-corrected chi connectivity index (χ1v) is 5.20. The van der Waals surface area contributed by atoms with Gasteiger partial charge in [-0.25, -0.2) is 4.79 Å². The van der Waals surface area contributed by atoms with Crippen molar-refractivity contribution in [2.45, 2.75) is 26.3 Å². The van der Waals surface area contributed by atoms with Gasteiger partial charge in [-0.05, 0) is 6.42 Å². The number of carbonyl (C=O) groups excluding carboxylic acids is 1. The summed E-state index contributed by atoms with van der Waals surface area (Å²) in [5.41, 5.74) is -1.04. The number of hydrogen-bond donors (Lipinski definition) is 2. The van der Waals surface area contributed by atoms with Crippen molar-refractivity contribution in [2.24, 2.45) is 0 Å². The number of hydrogen-bond acceptors (Lipinski definition) is 3. The maximum atomic E-state index is 11.4. The number of nitrogens with zero attached hydrogens (tertiary/aromatic N) is 1. The van der Waals surface area contributed by atoms with Gasteiger partial charge < -0.3 is 5.32 Å². The van der Waals surface area contributed by atoms with Gasteiger partial charge in [0.05, 0.1) is 0 Å². The summed E-state index contributed by atoms with van der Waals surface area (Å²) in [7, 11) is 0. The molecule has 0 aliphatic carbocycles. The summed E-state index contributed by atoms with van der Waals surface area (Å²) in [5.74, 6) is -0.234. The highest BCUT2D eigenvalue weighted by atomic mass is 16.2. The molecule has 0 atom stereocenters. The van der Waals surface area contributed by atoms with E-state index < -0.39 is 11.2 Å². The third-order valence-corrected chi connectivity index (χ3v) is 2.06. The Labute approximate surface area is 92.3 Å². The topological polar surface area (TPSA) is 84.0 Å². The zero-order valence-corrected chi connectivity index (χ0v) is 9.16. The van der Waals surface area contributed by atoms with Crippen LogP contribution in [0.25, 0.3) is 0 Å². The molecule has 0 aliphatic rings. The average Bonchev–Trinajstić information content (AvgIpc) is 2.23. The van der Waals surface area contributed by atoms with Crippen LogP contribution in [0.1, 0.15) is 19.8 Å². The fourth-order valence-electron chi connectivity index (χ4n) is 1.18. The molecule has 1 heterocycles. The number of rotatable bonds is 5. The van der Waals surface area contributed by atoms with Crippen LogP contribution in [-0.2, 0) is 11.3 Å². The van der Waals surface area contributed by atoms with Gasteiger partial charge in [-0.1, -0.05) is 13.3 Å². The average molecular weight is 225 g/mol. The highest BCUT2D eigenvalue weighted by molar-refractivity contribution is 5.75. The fraction of sp³-hybridized carbons (Fsp3) is 0.500. The van der Waals surface area contributed by atoms with E-state index in [1.54, 1.807) is 0 Å². The van der Waals surface area contributed by atoms with Crippen molar-refractivity contribution >= 4 is 5.91 Å². The lowest BCUT2D eigenvalue weighted by Gasteiger charge is -2.05. The Kier molecular flexibility index (Phi) is 4.50. The standard InChI is InChI=1S/C10H15N3O3/c1-2-3-5-11-9(15)7-13-6-4-8(14)12-10(13)16/h4,6H,2-3,5,7H2,1H3,(H,11,15)(H,12,14,16). The van der Waals surface area contributed by atoms with Gasteiger partial charge >= 0.3 is 5.69 Å². The first-order chi connectivity index (χ1) is 7.63. The third-order valence-electron chi connectivity index (χ3n) is 2.06.